The number of ketones is 1. The summed E-state index contributed by atoms with van der Waals surface area (Å²) >= 11 is 1.50. The maximum Gasteiger partial charge on any atom is 0.346 e. The van der Waals surface area contributed by atoms with Crippen molar-refractivity contribution in [3.05, 3.63) is 28.0 Å². The first kappa shape index (κ1) is 15.7. The normalized spacial score (nSPS) is 14.0. The lowest BCUT2D eigenvalue weighted by atomic mass is 10.3. The molecule has 1 fully saturated rings. The number of hydrogen-bond acceptors (Lipinski definition) is 6. The zero-order valence-corrected chi connectivity index (χ0v) is 13.5. The fraction of sp³-hybridized carbons (Fsp3) is 0.467. The van der Waals surface area contributed by atoms with Crippen LogP contribution in [0.25, 0.3) is 10.7 Å². The number of ether oxygens (including phenoxy) is 1. The van der Waals surface area contributed by atoms with Crippen LogP contribution in [-0.4, -0.2) is 32.7 Å². The van der Waals surface area contributed by atoms with Gasteiger partial charge in [0.15, 0.2) is 11.6 Å². The van der Waals surface area contributed by atoms with E-state index in [1.54, 1.807) is 11.5 Å². The molecule has 23 heavy (non-hydrogen) atoms. The molecule has 0 unspecified atom stereocenters. The van der Waals surface area contributed by atoms with Gasteiger partial charge < -0.3 is 4.74 Å². The minimum Gasteiger partial charge on any atom is -0.466 e. The Bertz CT molecular complexity index is 771. The van der Waals surface area contributed by atoms with Gasteiger partial charge in [-0.1, -0.05) is 6.07 Å². The molecule has 0 aromatic carbocycles. The van der Waals surface area contributed by atoms with E-state index in [0.717, 1.165) is 22.4 Å². The van der Waals surface area contributed by atoms with Gasteiger partial charge in [0.25, 0.3) is 0 Å². The van der Waals surface area contributed by atoms with Crippen molar-refractivity contribution in [2.24, 2.45) is 0 Å². The first-order valence-electron chi connectivity index (χ1n) is 7.50. The first-order valence-corrected chi connectivity index (χ1v) is 8.38. The summed E-state index contributed by atoms with van der Waals surface area (Å²) in [6.07, 6.45) is 1.55. The summed E-state index contributed by atoms with van der Waals surface area (Å²) in [5, 5.41) is 6.23. The van der Waals surface area contributed by atoms with Crippen molar-refractivity contribution in [1.82, 2.24) is 14.3 Å². The molecule has 1 aliphatic rings. The molecule has 2 heterocycles. The van der Waals surface area contributed by atoms with Crippen LogP contribution in [-0.2, 0) is 20.9 Å². The second kappa shape index (κ2) is 6.49. The van der Waals surface area contributed by atoms with E-state index in [0.29, 0.717) is 5.82 Å². The summed E-state index contributed by atoms with van der Waals surface area (Å²) in [4.78, 5) is 36.7. The zero-order chi connectivity index (χ0) is 16.4. The average Bonchev–Trinajstić information content (AvgIpc) is 3.08. The number of nitrogens with zero attached hydrogens (tertiary/aromatic N) is 3. The van der Waals surface area contributed by atoms with Crippen molar-refractivity contribution in [2.75, 3.05) is 6.61 Å². The van der Waals surface area contributed by atoms with E-state index in [4.69, 9.17) is 4.74 Å². The second-order valence-corrected chi connectivity index (χ2v) is 6.31. The Morgan fingerprint density at radius 3 is 2.83 bits per heavy atom. The van der Waals surface area contributed by atoms with Gasteiger partial charge in [0, 0.05) is 6.04 Å². The Morgan fingerprint density at radius 1 is 1.43 bits per heavy atom. The Kier molecular flexibility index (Phi) is 4.42. The quantitative estimate of drug-likeness (QED) is 0.567. The minimum absolute atomic E-state index is 0.161. The summed E-state index contributed by atoms with van der Waals surface area (Å²) in [5.74, 6) is -0.370. The number of aromatic nitrogens is 3. The monoisotopic (exact) mass is 335 g/mol. The van der Waals surface area contributed by atoms with Gasteiger partial charge in [-0.05, 0) is 31.2 Å². The van der Waals surface area contributed by atoms with Gasteiger partial charge in [-0.25, -0.2) is 9.48 Å². The smallest absolute Gasteiger partial charge is 0.346 e. The maximum absolute atomic E-state index is 12.5. The minimum atomic E-state index is -0.578. The molecule has 3 rings (SSSR count). The number of esters is 1. The summed E-state index contributed by atoms with van der Waals surface area (Å²) < 4.78 is 7.55. The van der Waals surface area contributed by atoms with Gasteiger partial charge in [0.05, 0.1) is 11.5 Å². The van der Waals surface area contributed by atoms with E-state index < -0.39 is 5.97 Å². The molecule has 2 aromatic heterocycles. The van der Waals surface area contributed by atoms with Gasteiger partial charge in [-0.15, -0.1) is 16.4 Å². The first-order chi connectivity index (χ1) is 11.1. The predicted molar refractivity (Wildman–Crippen MR) is 84.3 cm³/mol. The van der Waals surface area contributed by atoms with Crippen molar-refractivity contribution in [2.45, 2.75) is 38.8 Å². The standard InChI is InChI=1S/C15H17N3O4S/c1-2-22-13(20)8-11(19)9-17-15(21)18(10-5-6-10)14(16-17)12-4-3-7-23-12/h3-4,7,10H,2,5-6,8-9H2,1H3. The SMILES string of the molecule is CCOC(=O)CC(=O)Cn1nc(-c2cccs2)n(C2CC2)c1=O. The molecule has 122 valence electrons. The third-order valence-corrected chi connectivity index (χ3v) is 4.36. The molecule has 0 saturated heterocycles. The number of Topliss-reactive ketones (excluding diaryl/α,β-unsaturated/α-hetero) is 1. The van der Waals surface area contributed by atoms with E-state index in [2.05, 4.69) is 5.10 Å². The van der Waals surface area contributed by atoms with E-state index in [1.165, 1.54) is 11.3 Å². The molecule has 2 aromatic rings. The van der Waals surface area contributed by atoms with Crippen molar-refractivity contribution < 1.29 is 14.3 Å². The molecule has 0 amide bonds. The van der Waals surface area contributed by atoms with Crippen molar-refractivity contribution >= 4 is 23.1 Å². The van der Waals surface area contributed by atoms with Crippen LogP contribution in [0.3, 0.4) is 0 Å². The molecule has 1 saturated carbocycles. The topological polar surface area (TPSA) is 83.2 Å². The van der Waals surface area contributed by atoms with Gasteiger partial charge in [0.2, 0.25) is 0 Å². The van der Waals surface area contributed by atoms with Crippen LogP contribution >= 0.6 is 11.3 Å². The van der Waals surface area contributed by atoms with Crippen molar-refractivity contribution in [1.29, 1.82) is 0 Å². The lowest BCUT2D eigenvalue weighted by Crippen LogP contribution is -2.28. The number of carbonyl (C=O) groups excluding carboxylic acids is 2. The highest BCUT2D eigenvalue weighted by Crippen LogP contribution is 2.37. The maximum atomic E-state index is 12.5. The summed E-state index contributed by atoms with van der Waals surface area (Å²) in [6, 6.07) is 3.96. The van der Waals surface area contributed by atoms with Crippen LogP contribution < -0.4 is 5.69 Å². The zero-order valence-electron chi connectivity index (χ0n) is 12.7. The largest absolute Gasteiger partial charge is 0.466 e. The van der Waals surface area contributed by atoms with Crippen LogP contribution in [0.1, 0.15) is 32.2 Å². The summed E-state index contributed by atoms with van der Waals surface area (Å²) in [7, 11) is 0. The number of hydrogen-bond donors (Lipinski definition) is 0. The number of rotatable bonds is 7. The molecule has 0 aliphatic heterocycles. The fourth-order valence-electron chi connectivity index (χ4n) is 2.35. The van der Waals surface area contributed by atoms with Crippen LogP contribution in [0.5, 0.6) is 0 Å². The summed E-state index contributed by atoms with van der Waals surface area (Å²) in [5.41, 5.74) is -0.298. The molecule has 0 N–H and O–H groups in total. The van der Waals surface area contributed by atoms with Gasteiger partial charge in [-0.3, -0.25) is 14.2 Å². The molecule has 7 nitrogen and oxygen atoms in total. The Morgan fingerprint density at radius 2 is 2.22 bits per heavy atom. The third-order valence-electron chi connectivity index (χ3n) is 3.50. The van der Waals surface area contributed by atoms with Gasteiger partial charge in [-0.2, -0.15) is 0 Å². The average molecular weight is 335 g/mol. The molecule has 8 heteroatoms. The molecule has 0 radical (unpaired) electrons. The molecule has 0 bridgehead atoms. The number of carbonyl (C=O) groups is 2. The van der Waals surface area contributed by atoms with Crippen molar-refractivity contribution in [3.63, 3.8) is 0 Å². The predicted octanol–water partition coefficient (Wildman–Crippen LogP) is 1.63. The molecule has 1 aliphatic carbocycles. The van der Waals surface area contributed by atoms with Crippen LogP contribution in [0, 0.1) is 0 Å². The molecule has 0 spiro atoms. The van der Waals surface area contributed by atoms with E-state index in [-0.39, 0.29) is 37.1 Å². The highest BCUT2D eigenvalue weighted by Gasteiger charge is 2.31. The Balaban J connectivity index is 1.83. The van der Waals surface area contributed by atoms with E-state index >= 15 is 0 Å². The lowest BCUT2D eigenvalue weighted by molar-refractivity contribution is -0.145. The lowest BCUT2D eigenvalue weighted by Gasteiger charge is -2.01. The summed E-state index contributed by atoms with van der Waals surface area (Å²) in [6.45, 7) is 1.69. The Labute approximate surface area is 136 Å². The van der Waals surface area contributed by atoms with E-state index in [1.807, 2.05) is 17.5 Å². The molecular formula is C15H17N3O4S. The molecule has 0 atom stereocenters. The highest BCUT2D eigenvalue weighted by atomic mass is 32.1. The third kappa shape index (κ3) is 3.42. The van der Waals surface area contributed by atoms with Crippen molar-refractivity contribution in [3.8, 4) is 10.7 Å². The van der Waals surface area contributed by atoms with E-state index in [9.17, 15) is 14.4 Å². The van der Waals surface area contributed by atoms with Crippen LogP contribution in [0.15, 0.2) is 22.3 Å². The Hall–Kier alpha value is -2.22. The highest BCUT2D eigenvalue weighted by molar-refractivity contribution is 7.13. The van der Waals surface area contributed by atoms with Crippen LogP contribution in [0.2, 0.25) is 0 Å². The second-order valence-electron chi connectivity index (χ2n) is 5.36. The van der Waals surface area contributed by atoms with Gasteiger partial charge in [0.1, 0.15) is 13.0 Å². The number of thiophene rings is 1. The van der Waals surface area contributed by atoms with Gasteiger partial charge >= 0.3 is 11.7 Å². The van der Waals surface area contributed by atoms with Crippen LogP contribution in [0.4, 0.5) is 0 Å². The molecular weight excluding hydrogens is 318 g/mol. The fourth-order valence-corrected chi connectivity index (χ4v) is 3.06.